The van der Waals surface area contributed by atoms with Crippen LogP contribution < -0.4 is 5.32 Å². The van der Waals surface area contributed by atoms with Gasteiger partial charge in [-0.05, 0) is 29.3 Å². The predicted molar refractivity (Wildman–Crippen MR) is 106 cm³/mol. The van der Waals surface area contributed by atoms with Crippen LogP contribution in [-0.4, -0.2) is 10.9 Å². The van der Waals surface area contributed by atoms with Crippen molar-refractivity contribution in [1.82, 2.24) is 10.3 Å². The van der Waals surface area contributed by atoms with Gasteiger partial charge in [0.05, 0.1) is 18.2 Å². The number of amides is 1. The lowest BCUT2D eigenvalue weighted by molar-refractivity contribution is -0.121. The molecule has 0 spiro atoms. The fraction of sp³-hybridized carbons (Fsp3) is 0.300. The van der Waals surface area contributed by atoms with Gasteiger partial charge in [-0.15, -0.1) is 11.3 Å². The van der Waals surface area contributed by atoms with Crippen molar-refractivity contribution in [2.45, 2.75) is 32.7 Å². The Morgan fingerprint density at radius 3 is 2.64 bits per heavy atom. The average molecular weight is 371 g/mol. The van der Waals surface area contributed by atoms with E-state index in [0.29, 0.717) is 12.3 Å². The van der Waals surface area contributed by atoms with Gasteiger partial charge in [-0.1, -0.05) is 44.2 Å². The van der Waals surface area contributed by atoms with E-state index in [9.17, 15) is 4.79 Å². The minimum Gasteiger partial charge on any atom is -0.349 e. The highest BCUT2D eigenvalue weighted by atomic mass is 32.1. The molecular formula is C20H22N2OS2. The second kappa shape index (κ2) is 8.41. The summed E-state index contributed by atoms with van der Waals surface area (Å²) in [4.78, 5) is 17.1. The number of benzene rings is 1. The quantitative estimate of drug-likeness (QED) is 0.612. The lowest BCUT2D eigenvalue weighted by Crippen LogP contribution is -2.30. The molecule has 0 saturated heterocycles. The number of hydrogen-bond acceptors (Lipinski definition) is 4. The number of thiophene rings is 1. The molecule has 2 aromatic heterocycles. The van der Waals surface area contributed by atoms with Crippen molar-refractivity contribution in [2.24, 2.45) is 5.92 Å². The summed E-state index contributed by atoms with van der Waals surface area (Å²) >= 11 is 3.25. The van der Waals surface area contributed by atoms with Crippen LogP contribution in [0.2, 0.25) is 0 Å². The highest BCUT2D eigenvalue weighted by molar-refractivity contribution is 7.14. The number of nitrogens with one attached hydrogen (secondary N) is 1. The minimum absolute atomic E-state index is 0.0247. The van der Waals surface area contributed by atoms with Gasteiger partial charge in [0.25, 0.3) is 0 Å². The van der Waals surface area contributed by atoms with Crippen molar-refractivity contribution < 1.29 is 4.79 Å². The fourth-order valence-corrected chi connectivity index (χ4v) is 4.28. The molecule has 1 N–H and O–H groups in total. The van der Waals surface area contributed by atoms with E-state index in [1.54, 1.807) is 22.7 Å². The number of hydrogen-bond donors (Lipinski definition) is 1. The first-order valence-corrected chi connectivity index (χ1v) is 10.3. The fourth-order valence-electron chi connectivity index (χ4n) is 2.75. The van der Waals surface area contributed by atoms with E-state index in [-0.39, 0.29) is 11.9 Å². The van der Waals surface area contributed by atoms with Crippen molar-refractivity contribution in [2.75, 3.05) is 0 Å². The zero-order valence-electron chi connectivity index (χ0n) is 14.4. The zero-order valence-corrected chi connectivity index (χ0v) is 16.1. The van der Waals surface area contributed by atoms with E-state index in [4.69, 9.17) is 0 Å². The molecule has 0 unspecified atom stereocenters. The SMILES string of the molecule is CC(C)C[C@H](NC(=O)Cc1csc(-c2ccsc2)n1)c1ccccc1. The van der Waals surface area contributed by atoms with Crippen LogP contribution >= 0.6 is 22.7 Å². The van der Waals surface area contributed by atoms with Crippen molar-refractivity contribution in [3.63, 3.8) is 0 Å². The van der Waals surface area contributed by atoms with E-state index in [1.165, 1.54) is 0 Å². The number of carbonyl (C=O) groups is 1. The molecule has 0 aliphatic carbocycles. The van der Waals surface area contributed by atoms with Gasteiger partial charge < -0.3 is 5.32 Å². The first kappa shape index (κ1) is 17.8. The Balaban J connectivity index is 1.65. The second-order valence-electron chi connectivity index (χ2n) is 6.49. The summed E-state index contributed by atoms with van der Waals surface area (Å²) < 4.78 is 0. The molecule has 1 amide bonds. The van der Waals surface area contributed by atoms with E-state index in [1.807, 2.05) is 29.0 Å². The summed E-state index contributed by atoms with van der Waals surface area (Å²) in [6, 6.07) is 12.3. The van der Waals surface area contributed by atoms with Gasteiger partial charge in [0.1, 0.15) is 5.01 Å². The zero-order chi connectivity index (χ0) is 17.6. The molecule has 1 atom stereocenters. The first-order chi connectivity index (χ1) is 12.1. The van der Waals surface area contributed by atoms with Crippen molar-refractivity contribution in [3.8, 4) is 10.6 Å². The second-order valence-corrected chi connectivity index (χ2v) is 8.13. The summed E-state index contributed by atoms with van der Waals surface area (Å²) in [5.41, 5.74) is 3.12. The molecule has 1 aromatic carbocycles. The Bertz CT molecular complexity index is 794. The molecular weight excluding hydrogens is 348 g/mol. The molecule has 25 heavy (non-hydrogen) atoms. The normalized spacial score (nSPS) is 12.3. The standard InChI is InChI=1S/C20H22N2OS2/c1-14(2)10-18(15-6-4-3-5-7-15)22-19(23)11-17-13-25-20(21-17)16-8-9-24-12-16/h3-9,12-14,18H,10-11H2,1-2H3,(H,22,23)/t18-/m0/s1. The number of rotatable bonds is 7. The maximum atomic E-state index is 12.5. The molecule has 130 valence electrons. The van der Waals surface area contributed by atoms with Gasteiger partial charge in [0.2, 0.25) is 5.91 Å². The molecule has 0 aliphatic rings. The minimum atomic E-state index is 0.0247. The summed E-state index contributed by atoms with van der Waals surface area (Å²) in [5, 5.41) is 10.3. The molecule has 0 bridgehead atoms. The van der Waals surface area contributed by atoms with Crippen LogP contribution in [0.4, 0.5) is 0 Å². The maximum absolute atomic E-state index is 12.5. The third-order valence-corrected chi connectivity index (χ3v) is 5.53. The van der Waals surface area contributed by atoms with Crippen LogP contribution in [0.15, 0.2) is 52.5 Å². The van der Waals surface area contributed by atoms with E-state index >= 15 is 0 Å². The molecule has 3 rings (SSSR count). The number of aromatic nitrogens is 1. The van der Waals surface area contributed by atoms with E-state index < -0.39 is 0 Å². The molecule has 0 aliphatic heterocycles. The van der Waals surface area contributed by atoms with Crippen LogP contribution in [0.1, 0.15) is 37.6 Å². The topological polar surface area (TPSA) is 42.0 Å². The molecule has 3 aromatic rings. The maximum Gasteiger partial charge on any atom is 0.226 e. The Labute approximate surface area is 156 Å². The Morgan fingerprint density at radius 1 is 1.16 bits per heavy atom. The van der Waals surface area contributed by atoms with Crippen molar-refractivity contribution >= 4 is 28.6 Å². The summed E-state index contributed by atoms with van der Waals surface area (Å²) in [5.74, 6) is 0.534. The molecule has 2 heterocycles. The molecule has 0 fully saturated rings. The van der Waals surface area contributed by atoms with E-state index in [2.05, 4.69) is 47.7 Å². The largest absolute Gasteiger partial charge is 0.349 e. The number of carbonyl (C=O) groups excluding carboxylic acids is 1. The van der Waals surface area contributed by atoms with Crippen LogP contribution in [0, 0.1) is 5.92 Å². The smallest absolute Gasteiger partial charge is 0.226 e. The van der Waals surface area contributed by atoms with Crippen molar-refractivity contribution in [1.29, 1.82) is 0 Å². The first-order valence-electron chi connectivity index (χ1n) is 8.43. The van der Waals surface area contributed by atoms with Gasteiger partial charge >= 0.3 is 0 Å². The molecule has 0 saturated carbocycles. The third kappa shape index (κ3) is 5.00. The van der Waals surface area contributed by atoms with Gasteiger partial charge in [0, 0.05) is 16.3 Å². The van der Waals surface area contributed by atoms with Gasteiger partial charge in [-0.2, -0.15) is 11.3 Å². The lowest BCUT2D eigenvalue weighted by atomic mass is 9.97. The van der Waals surface area contributed by atoms with Crippen LogP contribution in [0.25, 0.3) is 10.6 Å². The average Bonchev–Trinajstić information content (AvgIpc) is 3.26. The number of nitrogens with zero attached hydrogens (tertiary/aromatic N) is 1. The van der Waals surface area contributed by atoms with Gasteiger partial charge in [-0.25, -0.2) is 4.98 Å². The Hall–Kier alpha value is -1.98. The van der Waals surface area contributed by atoms with Crippen LogP contribution in [-0.2, 0) is 11.2 Å². The van der Waals surface area contributed by atoms with Gasteiger partial charge in [-0.3, -0.25) is 4.79 Å². The predicted octanol–water partition coefficient (Wildman–Crippen LogP) is 5.32. The molecule has 3 nitrogen and oxygen atoms in total. The number of thiazole rings is 1. The molecule has 0 radical (unpaired) electrons. The van der Waals surface area contributed by atoms with Crippen LogP contribution in [0.5, 0.6) is 0 Å². The van der Waals surface area contributed by atoms with Crippen LogP contribution in [0.3, 0.4) is 0 Å². The highest BCUT2D eigenvalue weighted by Gasteiger charge is 2.17. The summed E-state index contributed by atoms with van der Waals surface area (Å²) in [6.07, 6.45) is 1.25. The lowest BCUT2D eigenvalue weighted by Gasteiger charge is -2.21. The van der Waals surface area contributed by atoms with Gasteiger partial charge in [0.15, 0.2) is 0 Å². The van der Waals surface area contributed by atoms with E-state index in [0.717, 1.165) is 28.2 Å². The third-order valence-electron chi connectivity index (χ3n) is 3.91. The summed E-state index contributed by atoms with van der Waals surface area (Å²) in [7, 11) is 0. The molecule has 5 heteroatoms. The highest BCUT2D eigenvalue weighted by Crippen LogP contribution is 2.26. The Kier molecular flexibility index (Phi) is 6.00. The summed E-state index contributed by atoms with van der Waals surface area (Å²) in [6.45, 7) is 4.35. The van der Waals surface area contributed by atoms with Crippen molar-refractivity contribution in [3.05, 3.63) is 63.8 Å². The Morgan fingerprint density at radius 2 is 1.96 bits per heavy atom. The monoisotopic (exact) mass is 370 g/mol.